The Kier molecular flexibility index (Phi) is 6.60. The zero-order chi connectivity index (χ0) is 16.0. The fourth-order valence-electron chi connectivity index (χ4n) is 2.02. The molecule has 0 aliphatic carbocycles. The summed E-state index contributed by atoms with van der Waals surface area (Å²) < 4.78 is 0. The second-order valence-electron chi connectivity index (χ2n) is 5.54. The van der Waals surface area contributed by atoms with Crippen molar-refractivity contribution < 1.29 is 10.4 Å². The monoisotopic (exact) mass is 356 g/mol. The summed E-state index contributed by atoms with van der Waals surface area (Å²) in [5.74, 6) is 0.605. The molecule has 0 saturated heterocycles. The lowest BCUT2D eigenvalue weighted by Crippen LogP contribution is -2.86. The molecule has 2 aromatic carbocycles. The van der Waals surface area contributed by atoms with Gasteiger partial charge in [0.05, 0.1) is 5.02 Å². The minimum atomic E-state index is -0.754. The summed E-state index contributed by atoms with van der Waals surface area (Å²) >= 11 is 13.6. The maximum absolute atomic E-state index is 10.5. The quantitative estimate of drug-likeness (QED) is 0.743. The van der Waals surface area contributed by atoms with Gasteiger partial charge in [-0.3, -0.25) is 0 Å². The van der Waals surface area contributed by atoms with E-state index in [9.17, 15) is 5.11 Å². The molecule has 3 N–H and O–H groups in total. The van der Waals surface area contributed by atoms with Crippen molar-refractivity contribution in [2.24, 2.45) is 0 Å². The van der Waals surface area contributed by atoms with Gasteiger partial charge >= 0.3 is 0 Å². The number of nitrogens with two attached hydrogens (primary N) is 1. The molecule has 0 bridgehead atoms. The molecule has 0 aliphatic heterocycles. The summed E-state index contributed by atoms with van der Waals surface area (Å²) in [7, 11) is 0. The average molecular weight is 357 g/mol. The van der Waals surface area contributed by atoms with Crippen LogP contribution >= 0.6 is 35.0 Å². The highest BCUT2D eigenvalue weighted by atomic mass is 35.5. The molecule has 5 heteroatoms. The maximum atomic E-state index is 10.5. The van der Waals surface area contributed by atoms with Crippen molar-refractivity contribution in [2.75, 3.05) is 12.3 Å². The first kappa shape index (κ1) is 17.6. The minimum Gasteiger partial charge on any atom is -0.383 e. The molecule has 2 aromatic rings. The largest absolute Gasteiger partial charge is 0.383 e. The summed E-state index contributed by atoms with van der Waals surface area (Å²) in [6, 6.07) is 15.5. The Morgan fingerprint density at radius 2 is 1.77 bits per heavy atom. The van der Waals surface area contributed by atoms with Crippen LogP contribution in [0.15, 0.2) is 53.4 Å². The van der Waals surface area contributed by atoms with Crippen LogP contribution in [-0.2, 0) is 6.54 Å². The molecule has 0 unspecified atom stereocenters. The molecule has 22 heavy (non-hydrogen) atoms. The van der Waals surface area contributed by atoms with Gasteiger partial charge in [-0.2, -0.15) is 0 Å². The highest BCUT2D eigenvalue weighted by Gasteiger charge is 2.23. The van der Waals surface area contributed by atoms with Crippen LogP contribution in [0, 0.1) is 0 Å². The van der Waals surface area contributed by atoms with Gasteiger partial charge in [-0.05, 0) is 31.2 Å². The Labute approximate surface area is 145 Å². The maximum Gasteiger partial charge on any atom is 0.120 e. The molecule has 0 aromatic heterocycles. The van der Waals surface area contributed by atoms with Crippen LogP contribution in [0.3, 0.4) is 0 Å². The van der Waals surface area contributed by atoms with Crippen molar-refractivity contribution in [3.63, 3.8) is 0 Å². The molecule has 0 amide bonds. The van der Waals surface area contributed by atoms with Crippen molar-refractivity contribution in [2.45, 2.75) is 24.0 Å². The molecule has 2 rings (SSSR count). The standard InChI is InChI=1S/C17H19Cl2NOS/c1-17(21,12-22-16-5-3-2-4-15(16)19)11-20-10-13-6-8-14(18)9-7-13/h2-9,20-21H,10-12H2,1H3/p+1/t17-/m1/s1. The molecule has 0 radical (unpaired) electrons. The van der Waals surface area contributed by atoms with E-state index < -0.39 is 5.60 Å². The SMILES string of the molecule is C[C@@](O)(C[NH2+]Cc1ccc(Cl)cc1)CSc1ccccc1Cl. The van der Waals surface area contributed by atoms with Crippen LogP contribution in [0.4, 0.5) is 0 Å². The molecule has 0 aliphatic rings. The van der Waals surface area contributed by atoms with Crippen molar-refractivity contribution in [3.8, 4) is 0 Å². The highest BCUT2D eigenvalue weighted by Crippen LogP contribution is 2.28. The lowest BCUT2D eigenvalue weighted by Gasteiger charge is -2.21. The summed E-state index contributed by atoms with van der Waals surface area (Å²) in [5.41, 5.74) is 0.440. The average Bonchev–Trinajstić information content (AvgIpc) is 2.48. The first-order valence-electron chi connectivity index (χ1n) is 7.12. The van der Waals surface area contributed by atoms with Crippen LogP contribution in [0.25, 0.3) is 0 Å². The van der Waals surface area contributed by atoms with Gasteiger partial charge in [0.25, 0.3) is 0 Å². The molecule has 0 saturated carbocycles. The number of benzene rings is 2. The Morgan fingerprint density at radius 3 is 2.45 bits per heavy atom. The fraction of sp³-hybridized carbons (Fsp3) is 0.294. The van der Waals surface area contributed by atoms with Gasteiger partial charge < -0.3 is 10.4 Å². The predicted molar refractivity (Wildman–Crippen MR) is 94.7 cm³/mol. The Bertz CT molecular complexity index is 602. The molecule has 0 heterocycles. The number of thioether (sulfide) groups is 1. The van der Waals surface area contributed by atoms with E-state index in [0.29, 0.717) is 12.3 Å². The molecular weight excluding hydrogens is 337 g/mol. The summed E-state index contributed by atoms with van der Waals surface area (Å²) in [6.07, 6.45) is 0. The minimum absolute atomic E-state index is 0.605. The number of rotatable bonds is 7. The first-order chi connectivity index (χ1) is 10.5. The molecular formula is C17H20Cl2NOS+. The summed E-state index contributed by atoms with van der Waals surface area (Å²) in [5, 5.41) is 14.1. The van der Waals surface area contributed by atoms with E-state index in [1.165, 1.54) is 5.56 Å². The third kappa shape index (κ3) is 5.82. The molecule has 2 nitrogen and oxygen atoms in total. The summed E-state index contributed by atoms with van der Waals surface area (Å²) in [6.45, 7) is 3.31. The molecule has 0 spiro atoms. The molecule has 0 fully saturated rings. The zero-order valence-electron chi connectivity index (χ0n) is 12.4. The lowest BCUT2D eigenvalue weighted by atomic mass is 10.1. The number of hydrogen-bond donors (Lipinski definition) is 2. The smallest absolute Gasteiger partial charge is 0.120 e. The van der Waals surface area contributed by atoms with Gasteiger partial charge in [0.2, 0.25) is 0 Å². The van der Waals surface area contributed by atoms with E-state index in [-0.39, 0.29) is 0 Å². The van der Waals surface area contributed by atoms with E-state index in [1.807, 2.05) is 55.5 Å². The number of hydrogen-bond acceptors (Lipinski definition) is 2. The van der Waals surface area contributed by atoms with Gasteiger partial charge in [-0.25, -0.2) is 0 Å². The Hall–Kier alpha value is -0.710. The fourth-order valence-corrected chi connectivity index (χ4v) is 3.41. The van der Waals surface area contributed by atoms with Crippen molar-refractivity contribution in [1.29, 1.82) is 0 Å². The van der Waals surface area contributed by atoms with Gasteiger partial charge in [0.1, 0.15) is 18.7 Å². The van der Waals surface area contributed by atoms with E-state index in [2.05, 4.69) is 5.32 Å². The third-order valence-electron chi connectivity index (χ3n) is 3.25. The Morgan fingerprint density at radius 1 is 1.09 bits per heavy atom. The molecule has 118 valence electrons. The number of aliphatic hydroxyl groups is 1. The van der Waals surface area contributed by atoms with Crippen molar-refractivity contribution >= 4 is 35.0 Å². The van der Waals surface area contributed by atoms with Crippen molar-refractivity contribution in [1.82, 2.24) is 0 Å². The van der Waals surface area contributed by atoms with Gasteiger partial charge in [-0.1, -0.05) is 47.5 Å². The zero-order valence-corrected chi connectivity index (χ0v) is 14.8. The lowest BCUT2D eigenvalue weighted by molar-refractivity contribution is -0.681. The van der Waals surface area contributed by atoms with E-state index in [1.54, 1.807) is 11.8 Å². The van der Waals surface area contributed by atoms with E-state index in [0.717, 1.165) is 21.5 Å². The van der Waals surface area contributed by atoms with E-state index in [4.69, 9.17) is 23.2 Å². The molecule has 1 atom stereocenters. The second kappa shape index (κ2) is 8.23. The first-order valence-corrected chi connectivity index (χ1v) is 8.86. The van der Waals surface area contributed by atoms with Crippen LogP contribution < -0.4 is 5.32 Å². The predicted octanol–water partition coefficient (Wildman–Crippen LogP) is 3.60. The van der Waals surface area contributed by atoms with Crippen LogP contribution in [0.5, 0.6) is 0 Å². The van der Waals surface area contributed by atoms with E-state index >= 15 is 0 Å². The normalized spacial score (nSPS) is 13.8. The Balaban J connectivity index is 1.78. The topological polar surface area (TPSA) is 36.8 Å². The van der Waals surface area contributed by atoms with Gasteiger partial charge in [0.15, 0.2) is 0 Å². The second-order valence-corrected chi connectivity index (χ2v) is 7.40. The number of quaternary nitrogens is 1. The highest BCUT2D eigenvalue weighted by molar-refractivity contribution is 7.99. The summed E-state index contributed by atoms with van der Waals surface area (Å²) in [4.78, 5) is 1.00. The number of halogens is 2. The van der Waals surface area contributed by atoms with Crippen LogP contribution in [0.2, 0.25) is 10.0 Å². The third-order valence-corrected chi connectivity index (χ3v) is 5.38. The van der Waals surface area contributed by atoms with Crippen molar-refractivity contribution in [3.05, 3.63) is 64.1 Å². The van der Waals surface area contributed by atoms with Crippen LogP contribution in [-0.4, -0.2) is 23.0 Å². The van der Waals surface area contributed by atoms with Gasteiger partial charge in [-0.15, -0.1) is 11.8 Å². The van der Waals surface area contributed by atoms with Gasteiger partial charge in [0, 0.05) is 21.2 Å². The van der Waals surface area contributed by atoms with Crippen LogP contribution in [0.1, 0.15) is 12.5 Å².